The number of carbonyl (C=O) groups is 2. The smallest absolute Gasteiger partial charge is 0.307 e. The van der Waals surface area contributed by atoms with Crippen LogP contribution in [0, 0.1) is 18.3 Å². The molecule has 1 aliphatic carbocycles. The number of aryl methyl sites for hydroxylation is 1. The zero-order chi connectivity index (χ0) is 17.1. The molecule has 1 saturated carbocycles. The predicted octanol–water partition coefficient (Wildman–Crippen LogP) is 1.39. The van der Waals surface area contributed by atoms with Gasteiger partial charge in [0.15, 0.2) is 4.96 Å². The second kappa shape index (κ2) is 5.14. The van der Waals surface area contributed by atoms with Crippen LogP contribution in [0.5, 0.6) is 0 Å². The number of carboxylic acid groups (broad SMARTS) is 1. The monoisotopic (exact) mass is 347 g/mol. The van der Waals surface area contributed by atoms with E-state index < -0.39 is 5.97 Å². The number of aromatic nitrogens is 2. The molecule has 1 aliphatic heterocycles. The zero-order valence-corrected chi connectivity index (χ0v) is 14.0. The summed E-state index contributed by atoms with van der Waals surface area (Å²) < 4.78 is 1.46. The van der Waals surface area contributed by atoms with Crippen LogP contribution in [0.25, 0.3) is 4.96 Å². The Balaban J connectivity index is 1.55. The summed E-state index contributed by atoms with van der Waals surface area (Å²) in [6, 6.07) is 0. The Morgan fingerprint density at radius 2 is 2.08 bits per heavy atom. The Kier molecular flexibility index (Phi) is 3.28. The number of nitrogens with zero attached hydrogens (tertiary/aromatic N) is 3. The van der Waals surface area contributed by atoms with E-state index in [1.807, 2.05) is 12.3 Å². The Morgan fingerprint density at radius 3 is 2.71 bits per heavy atom. The lowest BCUT2D eigenvalue weighted by molar-refractivity contribution is -0.139. The highest BCUT2D eigenvalue weighted by atomic mass is 32.1. The van der Waals surface area contributed by atoms with Crippen molar-refractivity contribution in [3.05, 3.63) is 33.2 Å². The van der Waals surface area contributed by atoms with E-state index in [0.717, 1.165) is 5.69 Å². The third-order valence-electron chi connectivity index (χ3n) is 5.38. The Bertz CT molecular complexity index is 908. The quantitative estimate of drug-likeness (QED) is 0.886. The molecule has 1 spiro atoms. The van der Waals surface area contributed by atoms with E-state index in [1.54, 1.807) is 4.90 Å². The lowest BCUT2D eigenvalue weighted by Gasteiger charge is -2.32. The van der Waals surface area contributed by atoms with Gasteiger partial charge in [0, 0.05) is 30.4 Å². The summed E-state index contributed by atoms with van der Waals surface area (Å²) in [4.78, 5) is 42.8. The average molecular weight is 347 g/mol. The second-order valence-electron chi connectivity index (χ2n) is 6.72. The molecule has 126 valence electrons. The van der Waals surface area contributed by atoms with E-state index in [1.165, 1.54) is 21.9 Å². The first-order chi connectivity index (χ1) is 11.4. The molecule has 2 fully saturated rings. The minimum atomic E-state index is -0.740. The van der Waals surface area contributed by atoms with E-state index in [-0.39, 0.29) is 28.4 Å². The summed E-state index contributed by atoms with van der Waals surface area (Å²) in [5.41, 5.74) is 0.375. The summed E-state index contributed by atoms with van der Waals surface area (Å²) >= 11 is 1.37. The molecule has 2 aromatic heterocycles. The molecule has 1 amide bonds. The van der Waals surface area contributed by atoms with Crippen molar-refractivity contribution in [2.75, 3.05) is 13.1 Å². The van der Waals surface area contributed by atoms with Crippen LogP contribution in [0.4, 0.5) is 0 Å². The Morgan fingerprint density at radius 1 is 1.38 bits per heavy atom. The second-order valence-corrected chi connectivity index (χ2v) is 7.56. The first kappa shape index (κ1) is 15.3. The molecule has 4 rings (SSSR count). The molecule has 1 saturated heterocycles. The van der Waals surface area contributed by atoms with E-state index in [9.17, 15) is 14.4 Å². The molecular weight excluding hydrogens is 330 g/mol. The minimum Gasteiger partial charge on any atom is -0.481 e. The van der Waals surface area contributed by atoms with Gasteiger partial charge in [0.25, 0.3) is 11.5 Å². The van der Waals surface area contributed by atoms with Crippen molar-refractivity contribution in [2.45, 2.75) is 26.2 Å². The van der Waals surface area contributed by atoms with Crippen molar-refractivity contribution >= 4 is 28.2 Å². The van der Waals surface area contributed by atoms with Gasteiger partial charge in [0.05, 0.1) is 5.92 Å². The van der Waals surface area contributed by atoms with Gasteiger partial charge in [0.1, 0.15) is 5.56 Å². The topological polar surface area (TPSA) is 92.0 Å². The molecule has 0 aromatic carbocycles. The molecule has 1 atom stereocenters. The van der Waals surface area contributed by atoms with E-state index in [4.69, 9.17) is 5.11 Å². The van der Waals surface area contributed by atoms with Crippen LogP contribution in [0.2, 0.25) is 0 Å². The highest BCUT2D eigenvalue weighted by Gasteiger charge is 2.59. The van der Waals surface area contributed by atoms with Crippen molar-refractivity contribution < 1.29 is 14.7 Å². The summed E-state index contributed by atoms with van der Waals surface area (Å²) in [5.74, 6) is -1.32. The fourth-order valence-corrected chi connectivity index (χ4v) is 4.57. The van der Waals surface area contributed by atoms with Gasteiger partial charge in [-0.05, 0) is 31.6 Å². The standard InChI is InChI=1S/C16H17N3O4S/c1-9-8-24-15-17-7-10(13(21)19(9)15)12(20)18-4-2-16(3-5-18)6-11(16)14(22)23/h7-8,11H,2-6H2,1H3,(H,22,23). The molecule has 2 aromatic rings. The highest BCUT2D eigenvalue weighted by Crippen LogP contribution is 2.59. The fourth-order valence-electron chi connectivity index (χ4n) is 3.75. The van der Waals surface area contributed by atoms with Crippen LogP contribution in [0.1, 0.15) is 35.3 Å². The number of amides is 1. The number of carbonyl (C=O) groups excluding carboxylic acids is 1. The number of rotatable bonds is 2. The number of likely N-dealkylation sites (tertiary alicyclic amines) is 1. The first-order valence-electron chi connectivity index (χ1n) is 7.91. The minimum absolute atomic E-state index is 0.0792. The van der Waals surface area contributed by atoms with Crippen LogP contribution in [0.3, 0.4) is 0 Å². The van der Waals surface area contributed by atoms with Gasteiger partial charge >= 0.3 is 5.97 Å². The lowest BCUT2D eigenvalue weighted by Crippen LogP contribution is -2.42. The van der Waals surface area contributed by atoms with Gasteiger partial charge in [-0.1, -0.05) is 0 Å². The average Bonchev–Trinajstić information content (AvgIpc) is 3.13. The first-order valence-corrected chi connectivity index (χ1v) is 8.79. The largest absolute Gasteiger partial charge is 0.481 e. The van der Waals surface area contributed by atoms with Crippen LogP contribution in [-0.2, 0) is 4.79 Å². The van der Waals surface area contributed by atoms with Crippen molar-refractivity contribution in [3.8, 4) is 0 Å². The van der Waals surface area contributed by atoms with Crippen LogP contribution in [-0.4, -0.2) is 44.4 Å². The predicted molar refractivity (Wildman–Crippen MR) is 87.4 cm³/mol. The third-order valence-corrected chi connectivity index (χ3v) is 6.34. The molecular formula is C16H17N3O4S. The maximum absolute atomic E-state index is 12.7. The fraction of sp³-hybridized carbons (Fsp3) is 0.500. The number of carboxylic acids is 1. The normalized spacial score (nSPS) is 22.0. The van der Waals surface area contributed by atoms with Gasteiger partial charge in [0.2, 0.25) is 0 Å². The molecule has 8 heteroatoms. The van der Waals surface area contributed by atoms with Crippen molar-refractivity contribution in [2.24, 2.45) is 11.3 Å². The summed E-state index contributed by atoms with van der Waals surface area (Å²) in [5, 5.41) is 11.0. The number of thiazole rings is 1. The Hall–Kier alpha value is -2.22. The van der Waals surface area contributed by atoms with Crippen molar-refractivity contribution in [1.29, 1.82) is 0 Å². The molecule has 1 unspecified atom stereocenters. The molecule has 3 heterocycles. The van der Waals surface area contributed by atoms with Crippen LogP contribution < -0.4 is 5.56 Å². The van der Waals surface area contributed by atoms with Gasteiger partial charge in [-0.25, -0.2) is 4.98 Å². The Labute approximate surface area is 141 Å². The summed E-state index contributed by atoms with van der Waals surface area (Å²) in [6.07, 6.45) is 3.43. The molecule has 7 nitrogen and oxygen atoms in total. The zero-order valence-electron chi connectivity index (χ0n) is 13.2. The van der Waals surface area contributed by atoms with Crippen molar-refractivity contribution in [3.63, 3.8) is 0 Å². The van der Waals surface area contributed by atoms with Crippen LogP contribution in [0.15, 0.2) is 16.4 Å². The molecule has 24 heavy (non-hydrogen) atoms. The third kappa shape index (κ3) is 2.16. The van der Waals surface area contributed by atoms with E-state index in [0.29, 0.717) is 37.3 Å². The van der Waals surface area contributed by atoms with Gasteiger partial charge in [-0.15, -0.1) is 11.3 Å². The number of aliphatic carboxylic acids is 1. The van der Waals surface area contributed by atoms with Gasteiger partial charge < -0.3 is 10.0 Å². The summed E-state index contributed by atoms with van der Waals surface area (Å²) in [6.45, 7) is 2.80. The number of hydrogen-bond donors (Lipinski definition) is 1. The highest BCUT2D eigenvalue weighted by molar-refractivity contribution is 7.15. The SMILES string of the molecule is Cc1csc2ncc(C(=O)N3CCC4(CC3)CC4C(=O)O)c(=O)n12. The van der Waals surface area contributed by atoms with Crippen molar-refractivity contribution in [1.82, 2.24) is 14.3 Å². The summed E-state index contributed by atoms with van der Waals surface area (Å²) in [7, 11) is 0. The molecule has 0 bridgehead atoms. The van der Waals surface area contributed by atoms with Crippen LogP contribution >= 0.6 is 11.3 Å². The van der Waals surface area contributed by atoms with Gasteiger partial charge in [-0.2, -0.15) is 0 Å². The van der Waals surface area contributed by atoms with E-state index in [2.05, 4.69) is 4.98 Å². The molecule has 0 radical (unpaired) electrons. The maximum Gasteiger partial charge on any atom is 0.307 e. The molecule has 2 aliphatic rings. The lowest BCUT2D eigenvalue weighted by atomic mass is 9.90. The molecule has 1 N–H and O–H groups in total. The maximum atomic E-state index is 12.7. The number of fused-ring (bicyclic) bond motifs is 1. The number of hydrogen-bond acceptors (Lipinski definition) is 5. The van der Waals surface area contributed by atoms with E-state index >= 15 is 0 Å². The number of piperidine rings is 1. The van der Waals surface area contributed by atoms with Gasteiger partial charge in [-0.3, -0.25) is 18.8 Å².